The highest BCUT2D eigenvalue weighted by Crippen LogP contribution is 2.44. The maximum absolute atomic E-state index is 13.6. The Balaban J connectivity index is 2.06. The SMILES string of the molecule is CCCCCc1cc(O)c(C2C=C(C)CCC2)c(O)c1C(=O)N1CCC[C@@H]1C(=O)OC. The topological polar surface area (TPSA) is 87.1 Å². The molecule has 31 heavy (non-hydrogen) atoms. The number of aryl methyl sites for hydroxylation is 1. The van der Waals surface area contributed by atoms with Gasteiger partial charge in [-0.15, -0.1) is 0 Å². The van der Waals surface area contributed by atoms with Crippen LogP contribution >= 0.6 is 0 Å². The normalized spacial score (nSPS) is 21.1. The Morgan fingerprint density at radius 2 is 1.97 bits per heavy atom. The van der Waals surface area contributed by atoms with Crippen molar-refractivity contribution in [2.75, 3.05) is 13.7 Å². The van der Waals surface area contributed by atoms with Gasteiger partial charge < -0.3 is 19.8 Å². The molecule has 1 fully saturated rings. The summed E-state index contributed by atoms with van der Waals surface area (Å²) in [6.45, 7) is 4.61. The number of benzene rings is 1. The van der Waals surface area contributed by atoms with Crippen LogP contribution in [0.1, 0.15) is 92.6 Å². The Morgan fingerprint density at radius 3 is 2.65 bits per heavy atom. The molecule has 2 atom stereocenters. The minimum atomic E-state index is -0.630. The number of aromatic hydroxyl groups is 2. The molecular weight excluding hydrogens is 394 g/mol. The molecule has 0 bridgehead atoms. The van der Waals surface area contributed by atoms with Crippen molar-refractivity contribution in [1.82, 2.24) is 4.90 Å². The van der Waals surface area contributed by atoms with Gasteiger partial charge in [0.1, 0.15) is 17.5 Å². The number of rotatable bonds is 7. The first-order valence-corrected chi connectivity index (χ1v) is 11.5. The third kappa shape index (κ3) is 4.89. The van der Waals surface area contributed by atoms with E-state index in [1.807, 2.05) is 0 Å². The van der Waals surface area contributed by atoms with Gasteiger partial charge in [-0.3, -0.25) is 4.79 Å². The molecule has 6 nitrogen and oxygen atoms in total. The van der Waals surface area contributed by atoms with Gasteiger partial charge in [-0.1, -0.05) is 31.4 Å². The largest absolute Gasteiger partial charge is 0.507 e. The molecule has 0 aromatic heterocycles. The summed E-state index contributed by atoms with van der Waals surface area (Å²) in [4.78, 5) is 27.4. The van der Waals surface area contributed by atoms with Gasteiger partial charge in [-0.05, 0) is 63.5 Å². The molecule has 1 unspecified atom stereocenters. The fourth-order valence-electron chi connectivity index (χ4n) is 4.96. The standard InChI is InChI=1S/C25H35NO5/c1-4-5-6-10-18-15-20(27)21(17-11-7-9-16(2)14-17)23(28)22(18)24(29)26-13-8-12-19(26)25(30)31-3/h14-15,17,19,27-28H,4-13H2,1-3H3/t17?,19-/m1/s1. The minimum Gasteiger partial charge on any atom is -0.507 e. The average molecular weight is 430 g/mol. The second-order valence-corrected chi connectivity index (χ2v) is 8.84. The second kappa shape index (κ2) is 10.2. The number of hydrogen-bond acceptors (Lipinski definition) is 5. The predicted octanol–water partition coefficient (Wildman–Crippen LogP) is 4.82. The summed E-state index contributed by atoms with van der Waals surface area (Å²) in [5.41, 5.74) is 2.52. The van der Waals surface area contributed by atoms with Crippen molar-refractivity contribution >= 4 is 11.9 Å². The molecule has 1 saturated heterocycles. The van der Waals surface area contributed by atoms with E-state index in [0.717, 1.165) is 38.5 Å². The van der Waals surface area contributed by atoms with Crippen molar-refractivity contribution in [2.45, 2.75) is 83.6 Å². The van der Waals surface area contributed by atoms with Gasteiger partial charge in [0, 0.05) is 18.0 Å². The summed E-state index contributed by atoms with van der Waals surface area (Å²) in [6, 6.07) is 1.02. The van der Waals surface area contributed by atoms with Gasteiger partial charge in [0.05, 0.1) is 12.7 Å². The van der Waals surface area contributed by atoms with Crippen LogP contribution in [0.5, 0.6) is 11.5 Å². The lowest BCUT2D eigenvalue weighted by Crippen LogP contribution is -2.41. The van der Waals surface area contributed by atoms with Crippen molar-refractivity contribution in [3.63, 3.8) is 0 Å². The van der Waals surface area contributed by atoms with Gasteiger partial charge in [-0.25, -0.2) is 4.79 Å². The molecule has 6 heteroatoms. The molecule has 0 saturated carbocycles. The number of unbranched alkanes of at least 4 members (excludes halogenated alkanes) is 2. The Hall–Kier alpha value is -2.50. The van der Waals surface area contributed by atoms with Crippen molar-refractivity contribution in [2.24, 2.45) is 0 Å². The highest BCUT2D eigenvalue weighted by Gasteiger charge is 2.38. The fourth-order valence-corrected chi connectivity index (χ4v) is 4.96. The molecule has 0 spiro atoms. The van der Waals surface area contributed by atoms with E-state index in [4.69, 9.17) is 4.74 Å². The first kappa shape index (κ1) is 23.2. The van der Waals surface area contributed by atoms with Crippen LogP contribution < -0.4 is 0 Å². The first-order valence-electron chi connectivity index (χ1n) is 11.5. The van der Waals surface area contributed by atoms with E-state index in [1.165, 1.54) is 17.6 Å². The molecule has 3 rings (SSSR count). The van der Waals surface area contributed by atoms with Crippen LogP contribution in [0.4, 0.5) is 0 Å². The number of nitrogens with zero attached hydrogens (tertiary/aromatic N) is 1. The molecule has 1 aliphatic heterocycles. The Labute approximate surface area is 184 Å². The van der Waals surface area contributed by atoms with Crippen LogP contribution in [-0.2, 0) is 16.0 Å². The number of phenols is 2. The third-order valence-electron chi connectivity index (χ3n) is 6.59. The van der Waals surface area contributed by atoms with Gasteiger partial charge in [0.15, 0.2) is 0 Å². The monoisotopic (exact) mass is 429 g/mol. The zero-order chi connectivity index (χ0) is 22.5. The van der Waals surface area contributed by atoms with E-state index in [-0.39, 0.29) is 28.9 Å². The van der Waals surface area contributed by atoms with E-state index in [9.17, 15) is 19.8 Å². The predicted molar refractivity (Wildman–Crippen MR) is 119 cm³/mol. The number of carbonyl (C=O) groups is 2. The number of esters is 1. The van der Waals surface area contributed by atoms with Crippen molar-refractivity contribution < 1.29 is 24.5 Å². The van der Waals surface area contributed by atoms with Crippen LogP contribution in [0.25, 0.3) is 0 Å². The molecule has 0 radical (unpaired) electrons. The van der Waals surface area contributed by atoms with E-state index in [0.29, 0.717) is 36.9 Å². The molecule has 1 aromatic carbocycles. The van der Waals surface area contributed by atoms with Crippen LogP contribution in [0.15, 0.2) is 17.7 Å². The molecule has 170 valence electrons. The fraction of sp³-hybridized carbons (Fsp3) is 0.600. The number of methoxy groups -OCH3 is 1. The Kier molecular flexibility index (Phi) is 7.63. The number of hydrogen-bond donors (Lipinski definition) is 2. The lowest BCUT2D eigenvalue weighted by molar-refractivity contribution is -0.145. The van der Waals surface area contributed by atoms with Crippen molar-refractivity contribution in [3.8, 4) is 11.5 Å². The molecule has 1 amide bonds. The lowest BCUT2D eigenvalue weighted by atomic mass is 9.83. The summed E-state index contributed by atoms with van der Waals surface area (Å²) in [5.74, 6) is -0.997. The first-order chi connectivity index (χ1) is 14.9. The molecule has 1 aromatic rings. The van der Waals surface area contributed by atoms with Crippen molar-refractivity contribution in [1.29, 1.82) is 0 Å². The highest BCUT2D eigenvalue weighted by molar-refractivity contribution is 6.01. The lowest BCUT2D eigenvalue weighted by Gasteiger charge is -2.27. The van der Waals surface area contributed by atoms with Crippen molar-refractivity contribution in [3.05, 3.63) is 34.4 Å². The summed E-state index contributed by atoms with van der Waals surface area (Å²) in [5, 5.41) is 22.1. The van der Waals surface area contributed by atoms with E-state index >= 15 is 0 Å². The van der Waals surface area contributed by atoms with Gasteiger partial charge in [0.25, 0.3) is 5.91 Å². The van der Waals surface area contributed by atoms with Crippen LogP contribution in [-0.4, -0.2) is 46.7 Å². The maximum atomic E-state index is 13.6. The quantitative estimate of drug-likeness (QED) is 0.369. The van der Waals surface area contributed by atoms with Gasteiger partial charge in [-0.2, -0.15) is 0 Å². The Bertz CT molecular complexity index is 860. The zero-order valence-corrected chi connectivity index (χ0v) is 18.9. The number of carbonyl (C=O) groups excluding carboxylic acids is 2. The van der Waals surface area contributed by atoms with Crippen LogP contribution in [0.2, 0.25) is 0 Å². The second-order valence-electron chi connectivity index (χ2n) is 8.84. The number of phenolic OH excluding ortho intramolecular Hbond substituents is 2. The molecule has 1 aliphatic carbocycles. The molecule has 2 N–H and O–H groups in total. The molecule has 1 heterocycles. The number of allylic oxidation sites excluding steroid dienone is 2. The smallest absolute Gasteiger partial charge is 0.328 e. The summed E-state index contributed by atoms with van der Waals surface area (Å²) >= 11 is 0. The van der Waals surface area contributed by atoms with E-state index in [2.05, 4.69) is 19.9 Å². The van der Waals surface area contributed by atoms with E-state index < -0.39 is 12.0 Å². The average Bonchev–Trinajstić information content (AvgIpc) is 3.23. The number of amides is 1. The third-order valence-corrected chi connectivity index (χ3v) is 6.59. The van der Waals surface area contributed by atoms with E-state index in [1.54, 1.807) is 6.07 Å². The summed E-state index contributed by atoms with van der Waals surface area (Å²) in [6.07, 6.45) is 9.62. The van der Waals surface area contributed by atoms with Gasteiger partial charge >= 0.3 is 5.97 Å². The number of ether oxygens (including phenoxy) is 1. The zero-order valence-electron chi connectivity index (χ0n) is 18.9. The number of likely N-dealkylation sites (tertiary alicyclic amines) is 1. The molecular formula is C25H35NO5. The molecule has 2 aliphatic rings. The summed E-state index contributed by atoms with van der Waals surface area (Å²) < 4.78 is 4.90. The Morgan fingerprint density at radius 1 is 1.19 bits per heavy atom. The van der Waals surface area contributed by atoms with Crippen LogP contribution in [0, 0.1) is 0 Å². The minimum absolute atomic E-state index is 0.0439. The maximum Gasteiger partial charge on any atom is 0.328 e. The summed E-state index contributed by atoms with van der Waals surface area (Å²) in [7, 11) is 1.33. The van der Waals surface area contributed by atoms with Crippen LogP contribution in [0.3, 0.4) is 0 Å². The van der Waals surface area contributed by atoms with Gasteiger partial charge in [0.2, 0.25) is 0 Å². The highest BCUT2D eigenvalue weighted by atomic mass is 16.5.